The fraction of sp³-hybridized carbons (Fsp3) is 0.571. The first-order chi connectivity index (χ1) is 8.57. The Balaban J connectivity index is 2.00. The van der Waals surface area contributed by atoms with Crippen LogP contribution in [-0.4, -0.2) is 6.54 Å². The first kappa shape index (κ1) is 13.2. The minimum atomic E-state index is -4.28. The van der Waals surface area contributed by atoms with Crippen LogP contribution in [0.1, 0.15) is 37.7 Å². The zero-order chi connectivity index (χ0) is 13.0. The lowest BCUT2D eigenvalue weighted by atomic mass is 9.89. The molecule has 0 atom stereocenters. The molecule has 0 unspecified atom stereocenters. The molecule has 0 amide bonds. The summed E-state index contributed by atoms with van der Waals surface area (Å²) in [5.41, 5.74) is -0.364. The molecule has 2 rings (SSSR count). The van der Waals surface area contributed by atoms with Crippen LogP contribution in [0.15, 0.2) is 24.3 Å². The number of nitrogens with one attached hydrogen (secondary N) is 1. The van der Waals surface area contributed by atoms with Crippen LogP contribution >= 0.6 is 0 Å². The van der Waals surface area contributed by atoms with Crippen molar-refractivity contribution in [2.24, 2.45) is 5.92 Å². The molecule has 0 aromatic heterocycles. The van der Waals surface area contributed by atoms with Crippen molar-refractivity contribution in [1.82, 2.24) is 0 Å². The SMILES string of the molecule is FC(F)(F)c1ccccc1NCC1CCCCC1. The first-order valence-electron chi connectivity index (χ1n) is 6.47. The van der Waals surface area contributed by atoms with Gasteiger partial charge in [0.2, 0.25) is 0 Å². The van der Waals surface area contributed by atoms with E-state index in [1.807, 2.05) is 0 Å². The average molecular weight is 257 g/mol. The minimum Gasteiger partial charge on any atom is -0.384 e. The van der Waals surface area contributed by atoms with E-state index in [9.17, 15) is 13.2 Å². The van der Waals surface area contributed by atoms with E-state index < -0.39 is 11.7 Å². The lowest BCUT2D eigenvalue weighted by molar-refractivity contribution is -0.136. The van der Waals surface area contributed by atoms with Gasteiger partial charge in [0.05, 0.1) is 5.56 Å². The van der Waals surface area contributed by atoms with E-state index in [-0.39, 0.29) is 5.69 Å². The summed E-state index contributed by atoms with van der Waals surface area (Å²) in [7, 11) is 0. The fourth-order valence-electron chi connectivity index (χ4n) is 2.53. The number of benzene rings is 1. The van der Waals surface area contributed by atoms with Crippen LogP contribution in [0.3, 0.4) is 0 Å². The number of hydrogen-bond acceptors (Lipinski definition) is 1. The third kappa shape index (κ3) is 3.40. The summed E-state index contributed by atoms with van der Waals surface area (Å²) < 4.78 is 38.3. The van der Waals surface area contributed by atoms with Gasteiger partial charge < -0.3 is 5.32 Å². The molecule has 1 nitrogen and oxygen atoms in total. The average Bonchev–Trinajstić information content (AvgIpc) is 2.37. The van der Waals surface area contributed by atoms with Crippen LogP contribution in [0.25, 0.3) is 0 Å². The van der Waals surface area contributed by atoms with Gasteiger partial charge in [0.25, 0.3) is 0 Å². The van der Waals surface area contributed by atoms with Gasteiger partial charge in [0.1, 0.15) is 0 Å². The quantitative estimate of drug-likeness (QED) is 0.827. The van der Waals surface area contributed by atoms with Crippen molar-refractivity contribution in [3.63, 3.8) is 0 Å². The molecule has 1 aromatic rings. The molecule has 0 heterocycles. The van der Waals surface area contributed by atoms with Gasteiger partial charge in [-0.2, -0.15) is 13.2 Å². The van der Waals surface area contributed by atoms with E-state index >= 15 is 0 Å². The zero-order valence-corrected chi connectivity index (χ0v) is 10.3. The molecule has 0 aliphatic heterocycles. The molecular formula is C14H18F3N. The van der Waals surface area contributed by atoms with Crippen molar-refractivity contribution in [2.45, 2.75) is 38.3 Å². The van der Waals surface area contributed by atoms with Gasteiger partial charge >= 0.3 is 6.18 Å². The molecule has 0 radical (unpaired) electrons. The first-order valence-corrected chi connectivity index (χ1v) is 6.47. The summed E-state index contributed by atoms with van der Waals surface area (Å²) in [6.45, 7) is 0.646. The Labute approximate surface area is 105 Å². The van der Waals surface area contributed by atoms with E-state index in [4.69, 9.17) is 0 Å². The highest BCUT2D eigenvalue weighted by Gasteiger charge is 2.33. The maximum atomic E-state index is 12.8. The van der Waals surface area contributed by atoms with Crippen molar-refractivity contribution in [1.29, 1.82) is 0 Å². The van der Waals surface area contributed by atoms with E-state index in [0.717, 1.165) is 18.9 Å². The van der Waals surface area contributed by atoms with Gasteiger partial charge in [-0.3, -0.25) is 0 Å². The van der Waals surface area contributed by atoms with Gasteiger partial charge in [-0.25, -0.2) is 0 Å². The normalized spacial score (nSPS) is 17.7. The molecular weight excluding hydrogens is 239 g/mol. The minimum absolute atomic E-state index is 0.204. The van der Waals surface area contributed by atoms with Gasteiger partial charge in [-0.05, 0) is 30.9 Å². The summed E-state index contributed by atoms with van der Waals surface area (Å²) >= 11 is 0. The molecule has 1 N–H and O–H groups in total. The highest BCUT2D eigenvalue weighted by molar-refractivity contribution is 5.52. The number of anilines is 1. The number of para-hydroxylation sites is 1. The van der Waals surface area contributed by atoms with Crippen LogP contribution in [-0.2, 0) is 6.18 Å². The van der Waals surface area contributed by atoms with Crippen molar-refractivity contribution in [2.75, 3.05) is 11.9 Å². The number of alkyl halides is 3. The maximum Gasteiger partial charge on any atom is 0.418 e. The number of rotatable bonds is 3. The van der Waals surface area contributed by atoms with E-state index in [2.05, 4.69) is 5.32 Å². The topological polar surface area (TPSA) is 12.0 Å². The predicted molar refractivity (Wildman–Crippen MR) is 66.5 cm³/mol. The summed E-state index contributed by atoms with van der Waals surface area (Å²) in [5, 5.41) is 2.97. The van der Waals surface area contributed by atoms with Gasteiger partial charge in [-0.15, -0.1) is 0 Å². The van der Waals surface area contributed by atoms with Gasteiger partial charge in [0, 0.05) is 12.2 Å². The number of hydrogen-bond donors (Lipinski definition) is 1. The highest BCUT2D eigenvalue weighted by Crippen LogP contribution is 2.35. The van der Waals surface area contributed by atoms with Crippen LogP contribution in [0, 0.1) is 5.92 Å². The predicted octanol–water partition coefficient (Wildman–Crippen LogP) is 4.70. The number of halogens is 3. The third-order valence-corrected chi connectivity index (χ3v) is 3.54. The second-order valence-electron chi connectivity index (χ2n) is 4.93. The smallest absolute Gasteiger partial charge is 0.384 e. The largest absolute Gasteiger partial charge is 0.418 e. The van der Waals surface area contributed by atoms with Gasteiger partial charge in [-0.1, -0.05) is 31.4 Å². The summed E-state index contributed by atoms with van der Waals surface area (Å²) in [4.78, 5) is 0. The molecule has 1 saturated carbocycles. The lowest BCUT2D eigenvalue weighted by Gasteiger charge is -2.23. The second-order valence-corrected chi connectivity index (χ2v) is 4.93. The Kier molecular flexibility index (Phi) is 4.15. The van der Waals surface area contributed by atoms with Crippen molar-refractivity contribution < 1.29 is 13.2 Å². The Morgan fingerprint density at radius 3 is 2.39 bits per heavy atom. The maximum absolute atomic E-state index is 12.8. The molecule has 1 aromatic carbocycles. The van der Waals surface area contributed by atoms with Crippen LogP contribution in [0.5, 0.6) is 0 Å². The molecule has 1 aliphatic carbocycles. The Morgan fingerprint density at radius 2 is 1.72 bits per heavy atom. The molecule has 0 spiro atoms. The monoisotopic (exact) mass is 257 g/mol. The molecule has 4 heteroatoms. The fourth-order valence-corrected chi connectivity index (χ4v) is 2.53. The molecule has 0 bridgehead atoms. The molecule has 100 valence electrons. The van der Waals surface area contributed by atoms with E-state index in [1.165, 1.54) is 31.4 Å². The lowest BCUT2D eigenvalue weighted by Crippen LogP contribution is -2.19. The van der Waals surface area contributed by atoms with Crippen LogP contribution < -0.4 is 5.32 Å². The molecule has 0 saturated heterocycles. The molecule has 1 aliphatic rings. The summed E-state index contributed by atoms with van der Waals surface area (Å²) in [6.07, 6.45) is 1.63. The Morgan fingerprint density at radius 1 is 1.06 bits per heavy atom. The summed E-state index contributed by atoms with van der Waals surface area (Å²) in [6, 6.07) is 5.70. The van der Waals surface area contributed by atoms with E-state index in [0.29, 0.717) is 12.5 Å². The highest BCUT2D eigenvalue weighted by atomic mass is 19.4. The molecule has 1 fully saturated rings. The van der Waals surface area contributed by atoms with Crippen molar-refractivity contribution in [3.8, 4) is 0 Å². The van der Waals surface area contributed by atoms with Crippen molar-refractivity contribution >= 4 is 5.69 Å². The summed E-state index contributed by atoms with van der Waals surface area (Å²) in [5.74, 6) is 0.514. The third-order valence-electron chi connectivity index (χ3n) is 3.54. The zero-order valence-electron chi connectivity index (χ0n) is 10.3. The second kappa shape index (κ2) is 5.63. The standard InChI is InChI=1S/C14H18F3N/c15-14(16,17)12-8-4-5-9-13(12)18-10-11-6-2-1-3-7-11/h4-5,8-9,11,18H,1-3,6-7,10H2. The Bertz CT molecular complexity index is 381. The van der Waals surface area contributed by atoms with Crippen LogP contribution in [0.2, 0.25) is 0 Å². The molecule has 18 heavy (non-hydrogen) atoms. The van der Waals surface area contributed by atoms with Gasteiger partial charge in [0.15, 0.2) is 0 Å². The van der Waals surface area contributed by atoms with Crippen molar-refractivity contribution in [3.05, 3.63) is 29.8 Å². The van der Waals surface area contributed by atoms with Crippen LogP contribution in [0.4, 0.5) is 18.9 Å². The Hall–Kier alpha value is -1.19. The van der Waals surface area contributed by atoms with E-state index in [1.54, 1.807) is 6.07 Å².